The van der Waals surface area contributed by atoms with Crippen molar-refractivity contribution in [3.05, 3.63) is 47.8 Å². The molecule has 0 unspecified atom stereocenters. The SMILES string of the molecule is Cc1ccnn1CCCNS(=O)(=O)c1ccc(C(C)(C)C)cc1. The topological polar surface area (TPSA) is 64.0 Å². The molecule has 6 heteroatoms. The standard InChI is InChI=1S/C17H25N3O2S/c1-14-10-12-18-20(14)13-5-11-19-23(21,22)16-8-6-15(7-9-16)17(2,3)4/h6-10,12,19H,5,11,13H2,1-4H3. The van der Waals surface area contributed by atoms with Gasteiger partial charge in [-0.3, -0.25) is 4.68 Å². The van der Waals surface area contributed by atoms with E-state index < -0.39 is 10.0 Å². The number of hydrogen-bond donors (Lipinski definition) is 1. The van der Waals surface area contributed by atoms with Crippen LogP contribution in [0.2, 0.25) is 0 Å². The molecule has 0 spiro atoms. The molecule has 23 heavy (non-hydrogen) atoms. The van der Waals surface area contributed by atoms with Gasteiger partial charge in [-0.05, 0) is 42.5 Å². The van der Waals surface area contributed by atoms with Gasteiger partial charge in [0.2, 0.25) is 10.0 Å². The zero-order valence-electron chi connectivity index (χ0n) is 14.2. The first kappa shape index (κ1) is 17.7. The second-order valence-corrected chi connectivity index (χ2v) is 8.49. The fourth-order valence-corrected chi connectivity index (χ4v) is 3.36. The normalized spacial score (nSPS) is 12.5. The van der Waals surface area contributed by atoms with Gasteiger partial charge in [0, 0.05) is 25.0 Å². The van der Waals surface area contributed by atoms with Gasteiger partial charge in [0.05, 0.1) is 4.90 Å². The summed E-state index contributed by atoms with van der Waals surface area (Å²) in [5.41, 5.74) is 2.20. The van der Waals surface area contributed by atoms with Crippen LogP contribution < -0.4 is 4.72 Å². The molecule has 0 fully saturated rings. The third-order valence-electron chi connectivity index (χ3n) is 3.80. The van der Waals surface area contributed by atoms with E-state index >= 15 is 0 Å². The van der Waals surface area contributed by atoms with Crippen molar-refractivity contribution in [3.63, 3.8) is 0 Å². The number of aryl methyl sites for hydroxylation is 2. The van der Waals surface area contributed by atoms with E-state index in [1.807, 2.05) is 29.8 Å². The minimum absolute atomic E-state index is 0.0113. The fourth-order valence-electron chi connectivity index (χ4n) is 2.29. The van der Waals surface area contributed by atoms with E-state index in [0.717, 1.165) is 11.3 Å². The lowest BCUT2D eigenvalue weighted by molar-refractivity contribution is 0.546. The summed E-state index contributed by atoms with van der Waals surface area (Å²) in [5, 5.41) is 4.18. The highest BCUT2D eigenvalue weighted by atomic mass is 32.2. The van der Waals surface area contributed by atoms with E-state index in [1.165, 1.54) is 0 Å². The van der Waals surface area contributed by atoms with Crippen LogP contribution in [0.25, 0.3) is 0 Å². The highest BCUT2D eigenvalue weighted by molar-refractivity contribution is 7.89. The van der Waals surface area contributed by atoms with Crippen molar-refractivity contribution >= 4 is 10.0 Å². The molecule has 0 radical (unpaired) electrons. The molecular weight excluding hydrogens is 310 g/mol. The van der Waals surface area contributed by atoms with Gasteiger partial charge in [0.15, 0.2) is 0 Å². The van der Waals surface area contributed by atoms with Crippen molar-refractivity contribution in [1.82, 2.24) is 14.5 Å². The number of hydrogen-bond acceptors (Lipinski definition) is 3. The molecule has 0 aliphatic heterocycles. The van der Waals surface area contributed by atoms with Crippen LogP contribution in [0.15, 0.2) is 41.4 Å². The zero-order valence-corrected chi connectivity index (χ0v) is 15.0. The summed E-state index contributed by atoms with van der Waals surface area (Å²) >= 11 is 0. The molecule has 1 aromatic carbocycles. The van der Waals surface area contributed by atoms with Gasteiger partial charge in [-0.1, -0.05) is 32.9 Å². The van der Waals surface area contributed by atoms with Crippen LogP contribution in [0.3, 0.4) is 0 Å². The predicted octanol–water partition coefficient (Wildman–Crippen LogP) is 2.86. The Bertz CT molecular complexity index is 741. The molecule has 5 nitrogen and oxygen atoms in total. The third-order valence-corrected chi connectivity index (χ3v) is 5.28. The number of nitrogens with one attached hydrogen (secondary N) is 1. The maximum atomic E-state index is 12.3. The summed E-state index contributed by atoms with van der Waals surface area (Å²) in [6.45, 7) is 9.38. The molecule has 2 rings (SSSR count). The van der Waals surface area contributed by atoms with Gasteiger partial charge >= 0.3 is 0 Å². The molecule has 1 aromatic heterocycles. The highest BCUT2D eigenvalue weighted by Crippen LogP contribution is 2.23. The van der Waals surface area contributed by atoms with Crippen LogP contribution in [0.1, 0.15) is 38.4 Å². The molecule has 0 atom stereocenters. The lowest BCUT2D eigenvalue weighted by atomic mass is 9.87. The number of benzene rings is 1. The van der Waals surface area contributed by atoms with Crippen LogP contribution in [0.4, 0.5) is 0 Å². The van der Waals surface area contributed by atoms with E-state index in [4.69, 9.17) is 0 Å². The van der Waals surface area contributed by atoms with Crippen molar-refractivity contribution in [2.45, 2.75) is 51.0 Å². The maximum Gasteiger partial charge on any atom is 0.240 e. The largest absolute Gasteiger partial charge is 0.270 e. The Morgan fingerprint density at radius 3 is 2.30 bits per heavy atom. The van der Waals surface area contributed by atoms with E-state index in [2.05, 4.69) is 30.6 Å². The minimum atomic E-state index is -3.45. The summed E-state index contributed by atoms with van der Waals surface area (Å²) in [6.07, 6.45) is 2.44. The second-order valence-electron chi connectivity index (χ2n) is 6.72. The molecule has 0 aliphatic carbocycles. The quantitative estimate of drug-likeness (QED) is 0.826. The molecule has 2 aromatic rings. The van der Waals surface area contributed by atoms with Crippen molar-refractivity contribution in [3.8, 4) is 0 Å². The fraction of sp³-hybridized carbons (Fsp3) is 0.471. The minimum Gasteiger partial charge on any atom is -0.270 e. The van der Waals surface area contributed by atoms with E-state index in [1.54, 1.807) is 18.3 Å². The molecule has 1 heterocycles. The predicted molar refractivity (Wildman–Crippen MR) is 91.9 cm³/mol. The highest BCUT2D eigenvalue weighted by Gasteiger charge is 2.17. The maximum absolute atomic E-state index is 12.3. The van der Waals surface area contributed by atoms with E-state index in [0.29, 0.717) is 24.4 Å². The molecule has 0 saturated heterocycles. The van der Waals surface area contributed by atoms with Crippen LogP contribution in [0, 0.1) is 6.92 Å². The zero-order chi connectivity index (χ0) is 17.1. The number of nitrogens with zero attached hydrogens (tertiary/aromatic N) is 2. The van der Waals surface area contributed by atoms with Gasteiger partial charge < -0.3 is 0 Å². The lowest BCUT2D eigenvalue weighted by Crippen LogP contribution is -2.26. The first-order valence-electron chi connectivity index (χ1n) is 7.79. The lowest BCUT2D eigenvalue weighted by Gasteiger charge is -2.19. The molecule has 1 N–H and O–H groups in total. The summed E-state index contributed by atoms with van der Waals surface area (Å²) in [5.74, 6) is 0. The number of sulfonamides is 1. The van der Waals surface area contributed by atoms with E-state index in [-0.39, 0.29) is 5.41 Å². The average Bonchev–Trinajstić information content (AvgIpc) is 2.88. The van der Waals surface area contributed by atoms with Gasteiger partial charge in [0.1, 0.15) is 0 Å². The van der Waals surface area contributed by atoms with Crippen LogP contribution in [-0.2, 0) is 22.0 Å². The Balaban J connectivity index is 1.92. The van der Waals surface area contributed by atoms with Crippen molar-refractivity contribution in [2.75, 3.05) is 6.54 Å². The van der Waals surface area contributed by atoms with E-state index in [9.17, 15) is 8.42 Å². The third kappa shape index (κ3) is 4.65. The monoisotopic (exact) mass is 335 g/mol. The number of rotatable bonds is 6. The smallest absolute Gasteiger partial charge is 0.240 e. The molecule has 126 valence electrons. The molecule has 0 amide bonds. The summed E-state index contributed by atoms with van der Waals surface area (Å²) in [7, 11) is -3.45. The Labute approximate surface area is 138 Å². The first-order chi connectivity index (χ1) is 10.7. The summed E-state index contributed by atoms with van der Waals surface area (Å²) < 4.78 is 29.1. The molecular formula is C17H25N3O2S. The van der Waals surface area contributed by atoms with Gasteiger partial charge in [0.25, 0.3) is 0 Å². The first-order valence-corrected chi connectivity index (χ1v) is 9.27. The summed E-state index contributed by atoms with van der Waals surface area (Å²) in [6, 6.07) is 9.02. The van der Waals surface area contributed by atoms with Crippen molar-refractivity contribution in [2.24, 2.45) is 0 Å². The number of aromatic nitrogens is 2. The van der Waals surface area contributed by atoms with Crippen molar-refractivity contribution in [1.29, 1.82) is 0 Å². The summed E-state index contributed by atoms with van der Waals surface area (Å²) in [4.78, 5) is 0.306. The second kappa shape index (κ2) is 6.84. The Hall–Kier alpha value is -1.66. The van der Waals surface area contributed by atoms with Gasteiger partial charge in [-0.25, -0.2) is 13.1 Å². The average molecular weight is 335 g/mol. The van der Waals surface area contributed by atoms with Crippen LogP contribution in [-0.4, -0.2) is 24.7 Å². The Kier molecular flexibility index (Phi) is 5.26. The molecule has 0 bridgehead atoms. The van der Waals surface area contributed by atoms with Crippen LogP contribution in [0.5, 0.6) is 0 Å². The van der Waals surface area contributed by atoms with Crippen LogP contribution >= 0.6 is 0 Å². The van der Waals surface area contributed by atoms with Crippen molar-refractivity contribution < 1.29 is 8.42 Å². The Morgan fingerprint density at radius 2 is 1.78 bits per heavy atom. The molecule has 0 aliphatic rings. The molecule has 0 saturated carbocycles. The van der Waals surface area contributed by atoms with Gasteiger partial charge in [-0.15, -0.1) is 0 Å². The van der Waals surface area contributed by atoms with Gasteiger partial charge in [-0.2, -0.15) is 5.10 Å². The Morgan fingerprint density at radius 1 is 1.13 bits per heavy atom.